The molecule has 1 aliphatic rings. The summed E-state index contributed by atoms with van der Waals surface area (Å²) in [6.45, 7) is 9.10. The molecule has 0 saturated carbocycles. The molecule has 2 heterocycles. The molecule has 0 aromatic carbocycles. The summed E-state index contributed by atoms with van der Waals surface area (Å²) in [5.74, 6) is 0.359. The van der Waals surface area contributed by atoms with E-state index in [0.29, 0.717) is 24.7 Å². The lowest BCUT2D eigenvalue weighted by Crippen LogP contribution is -2.31. The fourth-order valence-electron chi connectivity index (χ4n) is 2.41. The van der Waals surface area contributed by atoms with Gasteiger partial charge in [-0.25, -0.2) is 8.42 Å². The average Bonchev–Trinajstić information content (AvgIpc) is 2.83. The SMILES string of the molecule is Cc1[nH]c(=O)sc1S(=O)(=O)N1CCC(C(C)(C)C)C1. The van der Waals surface area contributed by atoms with Gasteiger partial charge < -0.3 is 4.98 Å². The molecule has 108 valence electrons. The second kappa shape index (κ2) is 4.71. The summed E-state index contributed by atoms with van der Waals surface area (Å²) >= 11 is 0.776. The van der Waals surface area contributed by atoms with Gasteiger partial charge in [-0.1, -0.05) is 32.1 Å². The number of H-pyrrole nitrogens is 1. The maximum absolute atomic E-state index is 12.5. The monoisotopic (exact) mass is 304 g/mol. The van der Waals surface area contributed by atoms with Crippen molar-refractivity contribution in [3.8, 4) is 0 Å². The molecule has 5 nitrogen and oxygen atoms in total. The van der Waals surface area contributed by atoms with Crippen LogP contribution in [-0.4, -0.2) is 30.8 Å². The molecule has 0 amide bonds. The molecular weight excluding hydrogens is 284 g/mol. The molecule has 0 bridgehead atoms. The van der Waals surface area contributed by atoms with Crippen LogP contribution in [0.5, 0.6) is 0 Å². The van der Waals surface area contributed by atoms with Crippen LogP contribution in [0.4, 0.5) is 0 Å². The highest BCUT2D eigenvalue weighted by molar-refractivity contribution is 7.91. The van der Waals surface area contributed by atoms with Crippen molar-refractivity contribution in [2.75, 3.05) is 13.1 Å². The number of hydrogen-bond donors (Lipinski definition) is 1. The van der Waals surface area contributed by atoms with E-state index < -0.39 is 10.0 Å². The van der Waals surface area contributed by atoms with E-state index in [1.54, 1.807) is 6.92 Å². The lowest BCUT2D eigenvalue weighted by atomic mass is 9.80. The molecule has 0 radical (unpaired) electrons. The molecule has 1 aromatic rings. The number of aryl methyl sites for hydroxylation is 1. The van der Waals surface area contributed by atoms with Crippen LogP contribution < -0.4 is 4.87 Å². The first-order valence-corrected chi connectivity index (χ1v) is 8.58. The largest absolute Gasteiger partial charge is 0.315 e. The molecule has 7 heteroatoms. The Bertz CT molecular complexity index is 622. The molecule has 1 fully saturated rings. The minimum Gasteiger partial charge on any atom is -0.315 e. The van der Waals surface area contributed by atoms with E-state index in [-0.39, 0.29) is 14.5 Å². The van der Waals surface area contributed by atoms with Gasteiger partial charge in [0.1, 0.15) is 0 Å². The van der Waals surface area contributed by atoms with E-state index in [1.807, 2.05) is 0 Å². The maximum Gasteiger partial charge on any atom is 0.305 e. The smallest absolute Gasteiger partial charge is 0.305 e. The van der Waals surface area contributed by atoms with Crippen molar-refractivity contribution >= 4 is 21.4 Å². The normalized spacial score (nSPS) is 22.0. The van der Waals surface area contributed by atoms with Crippen LogP contribution in [0.2, 0.25) is 0 Å². The van der Waals surface area contributed by atoms with Crippen LogP contribution in [-0.2, 0) is 10.0 Å². The maximum atomic E-state index is 12.5. The van der Waals surface area contributed by atoms with Crippen LogP contribution in [0.1, 0.15) is 32.9 Å². The van der Waals surface area contributed by atoms with Crippen molar-refractivity contribution in [3.63, 3.8) is 0 Å². The average molecular weight is 304 g/mol. The Hall–Kier alpha value is -0.660. The molecule has 1 aromatic heterocycles. The molecular formula is C12H20N2O3S2. The van der Waals surface area contributed by atoms with Crippen molar-refractivity contribution in [2.24, 2.45) is 11.3 Å². The predicted molar refractivity (Wildman–Crippen MR) is 76.0 cm³/mol. The van der Waals surface area contributed by atoms with Crippen LogP contribution in [0.3, 0.4) is 0 Å². The lowest BCUT2D eigenvalue weighted by Gasteiger charge is -2.26. The topological polar surface area (TPSA) is 70.2 Å². The van der Waals surface area contributed by atoms with Gasteiger partial charge in [-0.05, 0) is 24.7 Å². The fourth-order valence-corrected chi connectivity index (χ4v) is 5.34. The number of nitrogens with zero attached hydrogens (tertiary/aromatic N) is 1. The fraction of sp³-hybridized carbons (Fsp3) is 0.750. The Morgan fingerprint density at radius 2 is 2.00 bits per heavy atom. The Kier molecular flexibility index (Phi) is 3.66. The molecule has 1 unspecified atom stereocenters. The van der Waals surface area contributed by atoms with Crippen LogP contribution in [0, 0.1) is 18.3 Å². The highest BCUT2D eigenvalue weighted by Crippen LogP contribution is 2.36. The first-order chi connectivity index (χ1) is 8.62. The Morgan fingerprint density at radius 3 is 2.42 bits per heavy atom. The minimum absolute atomic E-state index is 0.102. The van der Waals surface area contributed by atoms with E-state index in [1.165, 1.54) is 4.31 Å². The number of aromatic amines is 1. The third-order valence-electron chi connectivity index (χ3n) is 3.73. The van der Waals surface area contributed by atoms with Crippen molar-refractivity contribution < 1.29 is 8.42 Å². The number of aromatic nitrogens is 1. The summed E-state index contributed by atoms with van der Waals surface area (Å²) in [5.41, 5.74) is 0.541. The van der Waals surface area contributed by atoms with Crippen LogP contribution in [0.15, 0.2) is 9.00 Å². The molecule has 1 N–H and O–H groups in total. The third-order valence-corrected chi connectivity index (χ3v) is 7.18. The van der Waals surface area contributed by atoms with Crippen molar-refractivity contribution in [3.05, 3.63) is 15.4 Å². The summed E-state index contributed by atoms with van der Waals surface area (Å²) in [5, 5.41) is 0. The quantitative estimate of drug-likeness (QED) is 0.905. The van der Waals surface area contributed by atoms with E-state index in [4.69, 9.17) is 0 Å². The summed E-state index contributed by atoms with van der Waals surface area (Å²) in [6.07, 6.45) is 0.876. The summed E-state index contributed by atoms with van der Waals surface area (Å²) in [7, 11) is -3.52. The minimum atomic E-state index is -3.52. The van der Waals surface area contributed by atoms with Gasteiger partial charge in [0.05, 0.1) is 0 Å². The predicted octanol–water partition coefficient (Wildman–Crippen LogP) is 1.80. The van der Waals surface area contributed by atoms with Crippen molar-refractivity contribution in [2.45, 2.75) is 38.3 Å². The van der Waals surface area contributed by atoms with Gasteiger partial charge in [0.2, 0.25) is 0 Å². The molecule has 1 saturated heterocycles. The zero-order valence-corrected chi connectivity index (χ0v) is 13.3. The number of nitrogens with one attached hydrogen (secondary N) is 1. The first-order valence-electron chi connectivity index (χ1n) is 6.32. The standard InChI is InChI=1S/C12H20N2O3S2/c1-8-10(18-11(15)13-8)19(16,17)14-6-5-9(7-14)12(2,3)4/h9H,5-7H2,1-4H3,(H,13,15). The van der Waals surface area contributed by atoms with Crippen molar-refractivity contribution in [1.82, 2.24) is 9.29 Å². The van der Waals surface area contributed by atoms with Gasteiger partial charge in [0.25, 0.3) is 10.0 Å². The number of thiazole rings is 1. The molecule has 0 aliphatic carbocycles. The lowest BCUT2D eigenvalue weighted by molar-refractivity contribution is 0.252. The molecule has 19 heavy (non-hydrogen) atoms. The molecule has 2 rings (SSSR count). The Balaban J connectivity index is 2.28. The van der Waals surface area contributed by atoms with E-state index in [9.17, 15) is 13.2 Å². The van der Waals surface area contributed by atoms with Crippen LogP contribution in [0.25, 0.3) is 0 Å². The summed E-state index contributed by atoms with van der Waals surface area (Å²) in [4.78, 5) is 13.5. The third kappa shape index (κ3) is 2.78. The van der Waals surface area contributed by atoms with E-state index >= 15 is 0 Å². The van der Waals surface area contributed by atoms with E-state index in [2.05, 4.69) is 25.8 Å². The second-order valence-corrected chi connectivity index (χ2v) is 9.26. The Morgan fingerprint density at radius 1 is 1.37 bits per heavy atom. The summed E-state index contributed by atoms with van der Waals surface area (Å²) in [6, 6.07) is 0. The van der Waals surface area contributed by atoms with Crippen LogP contribution >= 0.6 is 11.3 Å². The number of sulfonamides is 1. The highest BCUT2D eigenvalue weighted by atomic mass is 32.2. The van der Waals surface area contributed by atoms with Gasteiger partial charge in [-0.2, -0.15) is 4.31 Å². The number of hydrogen-bond acceptors (Lipinski definition) is 4. The first kappa shape index (κ1) is 14.7. The van der Waals surface area contributed by atoms with Gasteiger partial charge in [-0.3, -0.25) is 4.79 Å². The van der Waals surface area contributed by atoms with Crippen molar-refractivity contribution in [1.29, 1.82) is 0 Å². The summed E-state index contributed by atoms with van der Waals surface area (Å²) < 4.78 is 26.7. The Labute approximate surface area is 117 Å². The molecule has 1 atom stereocenters. The zero-order chi connectivity index (χ0) is 14.4. The van der Waals surface area contributed by atoms with Gasteiger partial charge in [0, 0.05) is 18.8 Å². The van der Waals surface area contributed by atoms with Gasteiger partial charge >= 0.3 is 4.87 Å². The molecule has 0 spiro atoms. The van der Waals surface area contributed by atoms with E-state index in [0.717, 1.165) is 17.8 Å². The zero-order valence-electron chi connectivity index (χ0n) is 11.7. The highest BCUT2D eigenvalue weighted by Gasteiger charge is 2.38. The second-order valence-electron chi connectivity index (χ2n) is 6.14. The van der Waals surface area contributed by atoms with Gasteiger partial charge in [0.15, 0.2) is 4.21 Å². The van der Waals surface area contributed by atoms with Gasteiger partial charge in [-0.15, -0.1) is 0 Å². The number of rotatable bonds is 2. The molecule has 1 aliphatic heterocycles.